The molecule has 0 aromatic heterocycles. The highest BCUT2D eigenvalue weighted by Crippen LogP contribution is 2.34. The number of hydrogen-bond donors (Lipinski definition) is 2. The molecule has 1 aliphatic carbocycles. The predicted molar refractivity (Wildman–Crippen MR) is 57.1 cm³/mol. The first-order valence-corrected chi connectivity index (χ1v) is 4.79. The zero-order valence-electron chi connectivity index (χ0n) is 8.67. The molecule has 94 valence electrons. The van der Waals surface area contributed by atoms with E-state index in [1.807, 2.05) is 0 Å². The van der Waals surface area contributed by atoms with E-state index in [1.165, 1.54) is 0 Å². The normalized spacial score (nSPS) is 19.6. The van der Waals surface area contributed by atoms with Crippen LogP contribution in [0.4, 0.5) is 8.78 Å². The SMILES string of the molecule is Cl.N=C(N)CC(=O)OC1CCC(F)(F)CC1. The summed E-state index contributed by atoms with van der Waals surface area (Å²) in [6.07, 6.45) is -0.854. The molecule has 0 radical (unpaired) electrons. The summed E-state index contributed by atoms with van der Waals surface area (Å²) in [7, 11) is 0. The van der Waals surface area contributed by atoms with Crippen molar-refractivity contribution < 1.29 is 18.3 Å². The summed E-state index contributed by atoms with van der Waals surface area (Å²) in [4.78, 5) is 11.1. The Hall–Kier alpha value is -0.910. The highest BCUT2D eigenvalue weighted by atomic mass is 35.5. The highest BCUT2D eigenvalue weighted by molar-refractivity contribution is 5.94. The fourth-order valence-corrected chi connectivity index (χ4v) is 1.51. The monoisotopic (exact) mass is 256 g/mol. The van der Waals surface area contributed by atoms with Gasteiger partial charge in [0.15, 0.2) is 0 Å². The number of nitrogens with one attached hydrogen (secondary N) is 1. The van der Waals surface area contributed by atoms with Crippen LogP contribution in [0.5, 0.6) is 0 Å². The minimum atomic E-state index is -2.62. The van der Waals surface area contributed by atoms with Crippen LogP contribution in [0.25, 0.3) is 0 Å². The van der Waals surface area contributed by atoms with Crippen molar-refractivity contribution in [2.24, 2.45) is 5.73 Å². The summed E-state index contributed by atoms with van der Waals surface area (Å²) < 4.78 is 30.4. The molecule has 7 heteroatoms. The van der Waals surface area contributed by atoms with Gasteiger partial charge in [0.2, 0.25) is 5.92 Å². The fourth-order valence-electron chi connectivity index (χ4n) is 1.51. The number of nitrogens with two attached hydrogens (primary N) is 1. The molecule has 1 aliphatic rings. The first-order chi connectivity index (χ1) is 6.89. The van der Waals surface area contributed by atoms with Gasteiger partial charge in [0, 0.05) is 12.8 Å². The van der Waals surface area contributed by atoms with Crippen LogP contribution in [0.2, 0.25) is 0 Å². The zero-order chi connectivity index (χ0) is 11.5. The number of alkyl halides is 2. The number of hydrogen-bond acceptors (Lipinski definition) is 3. The third kappa shape index (κ3) is 5.25. The summed E-state index contributed by atoms with van der Waals surface area (Å²) >= 11 is 0. The van der Waals surface area contributed by atoms with Crippen LogP contribution in [-0.4, -0.2) is 23.8 Å². The van der Waals surface area contributed by atoms with Crippen LogP contribution in [0.1, 0.15) is 32.1 Å². The molecule has 0 unspecified atom stereocenters. The van der Waals surface area contributed by atoms with Gasteiger partial charge in [-0.2, -0.15) is 0 Å². The van der Waals surface area contributed by atoms with E-state index < -0.39 is 18.0 Å². The number of amidine groups is 1. The van der Waals surface area contributed by atoms with Crippen molar-refractivity contribution in [3.63, 3.8) is 0 Å². The van der Waals surface area contributed by atoms with E-state index in [0.717, 1.165) is 0 Å². The lowest BCUT2D eigenvalue weighted by Gasteiger charge is -2.27. The van der Waals surface area contributed by atoms with Gasteiger partial charge >= 0.3 is 5.97 Å². The van der Waals surface area contributed by atoms with Gasteiger partial charge < -0.3 is 10.5 Å². The first-order valence-electron chi connectivity index (χ1n) is 4.79. The lowest BCUT2D eigenvalue weighted by Crippen LogP contribution is -2.31. The lowest BCUT2D eigenvalue weighted by molar-refractivity contribution is -0.153. The second-order valence-corrected chi connectivity index (χ2v) is 3.75. The van der Waals surface area contributed by atoms with Gasteiger partial charge in [0.05, 0.1) is 0 Å². The molecule has 0 aromatic carbocycles. The van der Waals surface area contributed by atoms with Gasteiger partial charge in [-0.3, -0.25) is 10.2 Å². The van der Waals surface area contributed by atoms with Gasteiger partial charge in [-0.1, -0.05) is 0 Å². The Kier molecular flexibility index (Phi) is 5.64. The molecular formula is C9H15ClF2N2O2. The van der Waals surface area contributed by atoms with Crippen LogP contribution >= 0.6 is 12.4 Å². The van der Waals surface area contributed by atoms with E-state index in [4.69, 9.17) is 15.9 Å². The van der Waals surface area contributed by atoms with E-state index in [1.54, 1.807) is 0 Å². The third-order valence-corrected chi connectivity index (χ3v) is 2.30. The molecule has 1 fully saturated rings. The van der Waals surface area contributed by atoms with E-state index in [2.05, 4.69) is 0 Å². The molecule has 1 rings (SSSR count). The molecular weight excluding hydrogens is 242 g/mol. The Bertz CT molecular complexity index is 264. The number of rotatable bonds is 3. The number of carbonyl (C=O) groups excluding carboxylic acids is 1. The van der Waals surface area contributed by atoms with Crippen LogP contribution < -0.4 is 5.73 Å². The van der Waals surface area contributed by atoms with Crippen molar-refractivity contribution in [1.82, 2.24) is 0 Å². The maximum absolute atomic E-state index is 12.7. The minimum Gasteiger partial charge on any atom is -0.462 e. The number of esters is 1. The summed E-state index contributed by atoms with van der Waals surface area (Å²) in [5.41, 5.74) is 5.00. The van der Waals surface area contributed by atoms with Crippen molar-refractivity contribution in [2.75, 3.05) is 0 Å². The Morgan fingerprint density at radius 3 is 2.38 bits per heavy atom. The van der Waals surface area contributed by atoms with Crippen LogP contribution in [-0.2, 0) is 9.53 Å². The van der Waals surface area contributed by atoms with Crippen molar-refractivity contribution in [2.45, 2.75) is 44.1 Å². The number of ether oxygens (including phenoxy) is 1. The average molecular weight is 257 g/mol. The Labute approximate surface area is 98.4 Å². The Morgan fingerprint density at radius 1 is 1.44 bits per heavy atom. The number of carbonyl (C=O) groups is 1. The highest BCUT2D eigenvalue weighted by Gasteiger charge is 2.36. The molecule has 0 spiro atoms. The molecule has 16 heavy (non-hydrogen) atoms. The first kappa shape index (κ1) is 15.1. The van der Waals surface area contributed by atoms with Gasteiger partial charge in [0.1, 0.15) is 18.4 Å². The standard InChI is InChI=1S/C9H14F2N2O2.ClH/c10-9(11)3-1-6(2-4-9)15-8(14)5-7(12)13;/h6H,1-5H2,(H3,12,13);1H. The average Bonchev–Trinajstić information content (AvgIpc) is 2.07. The second kappa shape index (κ2) is 5.98. The van der Waals surface area contributed by atoms with Crippen LogP contribution in [0.15, 0.2) is 0 Å². The number of halogens is 3. The van der Waals surface area contributed by atoms with E-state index in [9.17, 15) is 13.6 Å². The topological polar surface area (TPSA) is 76.2 Å². The van der Waals surface area contributed by atoms with Crippen molar-refractivity contribution in [3.8, 4) is 0 Å². The van der Waals surface area contributed by atoms with E-state index >= 15 is 0 Å². The van der Waals surface area contributed by atoms with Gasteiger partial charge in [-0.05, 0) is 12.8 Å². The molecule has 0 aliphatic heterocycles. The van der Waals surface area contributed by atoms with Crippen molar-refractivity contribution in [3.05, 3.63) is 0 Å². The zero-order valence-corrected chi connectivity index (χ0v) is 9.49. The molecule has 0 aromatic rings. The Balaban J connectivity index is 0.00000225. The third-order valence-electron chi connectivity index (χ3n) is 2.30. The molecule has 4 nitrogen and oxygen atoms in total. The summed E-state index contributed by atoms with van der Waals surface area (Å²) in [6.45, 7) is 0. The van der Waals surface area contributed by atoms with Gasteiger partial charge in [-0.15, -0.1) is 12.4 Å². The summed E-state index contributed by atoms with van der Waals surface area (Å²) in [5.74, 6) is -3.51. The molecule has 0 saturated heterocycles. The molecule has 0 atom stereocenters. The molecule has 0 bridgehead atoms. The van der Waals surface area contributed by atoms with Crippen LogP contribution in [0, 0.1) is 5.41 Å². The maximum atomic E-state index is 12.7. The van der Waals surface area contributed by atoms with Crippen molar-refractivity contribution >= 4 is 24.2 Å². The summed E-state index contributed by atoms with van der Waals surface area (Å²) in [6, 6.07) is 0. The maximum Gasteiger partial charge on any atom is 0.313 e. The predicted octanol–water partition coefficient (Wildman–Crippen LogP) is 1.86. The largest absolute Gasteiger partial charge is 0.462 e. The smallest absolute Gasteiger partial charge is 0.313 e. The van der Waals surface area contributed by atoms with E-state index in [-0.39, 0.29) is 50.3 Å². The van der Waals surface area contributed by atoms with Gasteiger partial charge in [-0.25, -0.2) is 8.78 Å². The van der Waals surface area contributed by atoms with Gasteiger partial charge in [0.25, 0.3) is 0 Å². The molecule has 3 N–H and O–H groups in total. The molecule has 0 heterocycles. The summed E-state index contributed by atoms with van der Waals surface area (Å²) in [5, 5.41) is 6.86. The fraction of sp³-hybridized carbons (Fsp3) is 0.778. The van der Waals surface area contributed by atoms with E-state index in [0.29, 0.717) is 0 Å². The lowest BCUT2D eigenvalue weighted by atomic mass is 9.94. The molecule has 1 saturated carbocycles. The van der Waals surface area contributed by atoms with Crippen LogP contribution in [0.3, 0.4) is 0 Å². The second-order valence-electron chi connectivity index (χ2n) is 3.75. The Morgan fingerprint density at radius 2 is 1.94 bits per heavy atom. The quantitative estimate of drug-likeness (QED) is 0.460. The molecule has 0 amide bonds. The van der Waals surface area contributed by atoms with Crippen molar-refractivity contribution in [1.29, 1.82) is 5.41 Å². The minimum absolute atomic E-state index is 0.